The van der Waals surface area contributed by atoms with E-state index >= 15 is 0 Å². The molecule has 0 radical (unpaired) electrons. The molecule has 1 aromatic rings. The van der Waals surface area contributed by atoms with Crippen molar-refractivity contribution in [1.82, 2.24) is 5.32 Å². The summed E-state index contributed by atoms with van der Waals surface area (Å²) in [7, 11) is 1.93. The van der Waals surface area contributed by atoms with Gasteiger partial charge in [0.2, 0.25) is 0 Å². The first-order valence-electron chi connectivity index (χ1n) is 9.84. The highest BCUT2D eigenvalue weighted by Crippen LogP contribution is 2.49. The first kappa shape index (κ1) is 29.3. The van der Waals surface area contributed by atoms with E-state index in [0.29, 0.717) is 25.0 Å². The minimum absolute atomic E-state index is 0.0933. The molecule has 9 heteroatoms. The van der Waals surface area contributed by atoms with Crippen molar-refractivity contribution < 1.29 is 18.5 Å². The lowest BCUT2D eigenvalue weighted by Gasteiger charge is -2.29. The van der Waals surface area contributed by atoms with Gasteiger partial charge in [-0.15, -0.1) is 0 Å². The molecule has 0 fully saturated rings. The molecule has 0 saturated carbocycles. The zero-order valence-corrected chi connectivity index (χ0v) is 22.4. The zero-order chi connectivity index (χ0) is 22.7. The Hall–Kier alpha value is 0.320. The predicted octanol–water partition coefficient (Wildman–Crippen LogP) is 5.55. The molecule has 5 nitrogen and oxygen atoms in total. The summed E-state index contributed by atoms with van der Waals surface area (Å²) in [5.41, 5.74) is 1.12. The summed E-state index contributed by atoms with van der Waals surface area (Å²) in [6.45, 7) is 10.4. The van der Waals surface area contributed by atoms with Gasteiger partial charge in [0.1, 0.15) is 6.10 Å². The van der Waals surface area contributed by atoms with E-state index in [9.17, 15) is 0 Å². The Bertz CT molecular complexity index is 653. The van der Waals surface area contributed by atoms with Crippen LogP contribution in [0.3, 0.4) is 0 Å². The summed E-state index contributed by atoms with van der Waals surface area (Å²) < 4.78 is 17.0. The standard InChI is InChI=1S/C15H26NO2PS.C5H13O2PS/c1-12(2)11-17-19(5,20)18-15(13(3)16-4)14-9-7-6-8-10-14;1-5(2)4-7-8(3,6)9/h6-10,12-13,15-16H,11H2,1-5H3;5H,4H2,1-3H3,(H,6,9). The smallest absolute Gasteiger partial charge is 0.186 e. The molecule has 4 atom stereocenters. The van der Waals surface area contributed by atoms with Gasteiger partial charge in [-0.05, 0) is 55.0 Å². The lowest BCUT2D eigenvalue weighted by molar-refractivity contribution is 0.144. The lowest BCUT2D eigenvalue weighted by Crippen LogP contribution is -2.30. The Morgan fingerprint density at radius 3 is 1.79 bits per heavy atom. The van der Waals surface area contributed by atoms with E-state index in [1.54, 1.807) is 6.66 Å². The van der Waals surface area contributed by atoms with Crippen LogP contribution in [-0.2, 0) is 37.2 Å². The van der Waals surface area contributed by atoms with Crippen LogP contribution in [0.5, 0.6) is 0 Å². The summed E-state index contributed by atoms with van der Waals surface area (Å²) in [6.07, 6.45) is -0.0933. The Morgan fingerprint density at radius 2 is 1.41 bits per heavy atom. The number of rotatable bonds is 11. The maximum absolute atomic E-state index is 8.97. The molecule has 0 saturated heterocycles. The van der Waals surface area contributed by atoms with Crippen LogP contribution < -0.4 is 5.32 Å². The SMILES string of the molecule is CC(C)COP(C)(O)=S.CNC(C)C(OP(C)(=S)OCC(C)C)c1ccccc1. The van der Waals surface area contributed by atoms with Gasteiger partial charge in [-0.2, -0.15) is 0 Å². The largest absolute Gasteiger partial charge is 0.345 e. The third-order valence-electron chi connectivity index (χ3n) is 3.63. The summed E-state index contributed by atoms with van der Waals surface area (Å²) in [5, 5.41) is 3.24. The topological polar surface area (TPSA) is 60.0 Å². The minimum Gasteiger partial charge on any atom is -0.345 e. The van der Waals surface area contributed by atoms with Crippen molar-refractivity contribution in [1.29, 1.82) is 0 Å². The van der Waals surface area contributed by atoms with Crippen molar-refractivity contribution in [3.63, 3.8) is 0 Å². The van der Waals surface area contributed by atoms with E-state index in [4.69, 9.17) is 30.3 Å². The van der Waals surface area contributed by atoms with Crippen LogP contribution in [0.2, 0.25) is 0 Å². The van der Waals surface area contributed by atoms with E-state index in [2.05, 4.69) is 50.0 Å². The highest BCUT2D eigenvalue weighted by molar-refractivity contribution is 8.09. The number of hydrogen-bond donors (Lipinski definition) is 2. The Balaban J connectivity index is 0.000000734. The molecule has 170 valence electrons. The summed E-state index contributed by atoms with van der Waals surface area (Å²) >= 11 is 10.2. The summed E-state index contributed by atoms with van der Waals surface area (Å²) in [6, 6.07) is 10.3. The van der Waals surface area contributed by atoms with Crippen LogP contribution in [0.4, 0.5) is 0 Å². The molecule has 0 aliphatic rings. The molecule has 0 bridgehead atoms. The second kappa shape index (κ2) is 14.4. The van der Waals surface area contributed by atoms with Crippen LogP contribution in [-0.4, -0.2) is 44.5 Å². The Labute approximate surface area is 188 Å². The lowest BCUT2D eigenvalue weighted by atomic mass is 10.0. The fourth-order valence-electron chi connectivity index (χ4n) is 2.04. The molecule has 1 rings (SSSR count). The summed E-state index contributed by atoms with van der Waals surface area (Å²) in [5.74, 6) is 0.900. The molecular weight excluding hydrogens is 444 g/mol. The van der Waals surface area contributed by atoms with Gasteiger partial charge in [-0.1, -0.05) is 58.0 Å². The molecule has 0 amide bonds. The maximum atomic E-state index is 8.97. The average Bonchev–Trinajstić information content (AvgIpc) is 2.63. The van der Waals surface area contributed by atoms with Gasteiger partial charge in [-0.3, -0.25) is 0 Å². The van der Waals surface area contributed by atoms with Crippen molar-refractivity contribution >= 4 is 36.6 Å². The molecule has 0 spiro atoms. The maximum Gasteiger partial charge on any atom is 0.186 e. The van der Waals surface area contributed by atoms with Gasteiger partial charge in [0.05, 0.1) is 13.2 Å². The van der Waals surface area contributed by atoms with Crippen molar-refractivity contribution in [2.24, 2.45) is 11.8 Å². The second-order valence-corrected chi connectivity index (χ2v) is 15.9. The van der Waals surface area contributed by atoms with Crippen LogP contribution in [0.1, 0.15) is 46.3 Å². The van der Waals surface area contributed by atoms with Gasteiger partial charge in [-0.25, -0.2) is 0 Å². The zero-order valence-electron chi connectivity index (χ0n) is 19.0. The molecule has 0 aliphatic carbocycles. The quantitative estimate of drug-likeness (QED) is 0.400. The molecule has 29 heavy (non-hydrogen) atoms. The van der Waals surface area contributed by atoms with E-state index < -0.39 is 13.0 Å². The third kappa shape index (κ3) is 15.7. The Morgan fingerprint density at radius 1 is 0.931 bits per heavy atom. The minimum atomic E-state index is -2.39. The van der Waals surface area contributed by atoms with Gasteiger partial charge in [0.25, 0.3) is 0 Å². The second-order valence-electron chi connectivity index (χ2n) is 7.97. The fourth-order valence-corrected chi connectivity index (χ4v) is 4.61. The van der Waals surface area contributed by atoms with Crippen LogP contribution in [0.25, 0.3) is 0 Å². The highest BCUT2D eigenvalue weighted by Gasteiger charge is 2.25. The van der Waals surface area contributed by atoms with E-state index in [-0.39, 0.29) is 12.1 Å². The fraction of sp³-hybridized carbons (Fsp3) is 0.700. The van der Waals surface area contributed by atoms with Gasteiger partial charge >= 0.3 is 0 Å². The van der Waals surface area contributed by atoms with E-state index in [1.165, 1.54) is 0 Å². The molecule has 4 unspecified atom stereocenters. The summed E-state index contributed by atoms with van der Waals surface area (Å²) in [4.78, 5) is 8.97. The van der Waals surface area contributed by atoms with Crippen LogP contribution in [0, 0.1) is 11.8 Å². The third-order valence-corrected chi connectivity index (χ3v) is 6.38. The first-order valence-corrected chi connectivity index (χ1v) is 16.1. The van der Waals surface area contributed by atoms with Gasteiger partial charge in [0.15, 0.2) is 13.0 Å². The van der Waals surface area contributed by atoms with Crippen LogP contribution in [0.15, 0.2) is 30.3 Å². The number of likely N-dealkylation sites (N-methyl/N-ethyl adjacent to an activating group) is 1. The van der Waals surface area contributed by atoms with Gasteiger partial charge in [0, 0.05) is 19.4 Å². The van der Waals surface area contributed by atoms with E-state index in [0.717, 1.165) is 5.56 Å². The van der Waals surface area contributed by atoms with Crippen molar-refractivity contribution in [2.75, 3.05) is 33.6 Å². The normalized spacial score (nSPS) is 17.8. The molecule has 2 N–H and O–H groups in total. The molecule has 0 aliphatic heterocycles. The first-order chi connectivity index (χ1) is 13.3. The number of hydrogen-bond acceptors (Lipinski definition) is 6. The molecule has 0 aromatic heterocycles. The van der Waals surface area contributed by atoms with Crippen LogP contribution >= 0.6 is 13.0 Å². The molecule has 1 aromatic carbocycles. The number of benzene rings is 1. The molecule has 0 heterocycles. The van der Waals surface area contributed by atoms with E-state index in [1.807, 2.05) is 45.8 Å². The molecular formula is C20H39NO4P2S2. The van der Waals surface area contributed by atoms with Crippen molar-refractivity contribution in [3.8, 4) is 0 Å². The Kier molecular flexibility index (Phi) is 14.6. The van der Waals surface area contributed by atoms with Crippen molar-refractivity contribution in [2.45, 2.75) is 46.8 Å². The average molecular weight is 484 g/mol. The van der Waals surface area contributed by atoms with Crippen molar-refractivity contribution in [3.05, 3.63) is 35.9 Å². The highest BCUT2D eigenvalue weighted by atomic mass is 32.5. The van der Waals surface area contributed by atoms with Gasteiger partial charge < -0.3 is 23.8 Å². The number of nitrogens with one attached hydrogen (secondary N) is 1. The predicted molar refractivity (Wildman–Crippen MR) is 133 cm³/mol. The monoisotopic (exact) mass is 483 g/mol.